The van der Waals surface area contributed by atoms with E-state index in [1.54, 1.807) is 0 Å². The van der Waals surface area contributed by atoms with E-state index >= 15 is 0 Å². The molecule has 2 fully saturated rings. The highest BCUT2D eigenvalue weighted by Gasteiger charge is 2.43. The van der Waals surface area contributed by atoms with Crippen molar-refractivity contribution in [3.8, 4) is 6.07 Å². The minimum absolute atomic E-state index is 0.0212. The highest BCUT2D eigenvalue weighted by molar-refractivity contribution is 5.79. The van der Waals surface area contributed by atoms with Gasteiger partial charge in [0.1, 0.15) is 17.2 Å². The Morgan fingerprint density at radius 1 is 1.48 bits per heavy atom. The zero-order chi connectivity index (χ0) is 18.0. The van der Waals surface area contributed by atoms with Crippen molar-refractivity contribution in [1.82, 2.24) is 25.0 Å². The average molecular weight is 346 g/mol. The lowest BCUT2D eigenvalue weighted by Crippen LogP contribution is -2.53. The van der Waals surface area contributed by atoms with E-state index < -0.39 is 5.54 Å². The number of amides is 1. The summed E-state index contributed by atoms with van der Waals surface area (Å²) < 4.78 is 7.66. The fraction of sp³-hybridized carbons (Fsp3) is 0.765. The van der Waals surface area contributed by atoms with Gasteiger partial charge in [-0.3, -0.25) is 9.69 Å². The van der Waals surface area contributed by atoms with Crippen molar-refractivity contribution in [3.63, 3.8) is 0 Å². The van der Waals surface area contributed by atoms with E-state index in [4.69, 9.17) is 4.74 Å². The van der Waals surface area contributed by atoms with E-state index in [9.17, 15) is 10.1 Å². The lowest BCUT2D eigenvalue weighted by molar-refractivity contribution is -0.125. The van der Waals surface area contributed by atoms with Crippen molar-refractivity contribution in [3.05, 3.63) is 11.6 Å². The molecule has 3 rings (SSSR count). The predicted octanol–water partition coefficient (Wildman–Crippen LogP) is 0.404. The van der Waals surface area contributed by atoms with E-state index in [1.165, 1.54) is 0 Å². The summed E-state index contributed by atoms with van der Waals surface area (Å²) in [5.41, 5.74) is -0.738. The van der Waals surface area contributed by atoms with Crippen LogP contribution in [0, 0.1) is 31.1 Å². The average Bonchev–Trinajstić information content (AvgIpc) is 3.35. The van der Waals surface area contributed by atoms with Gasteiger partial charge in [-0.2, -0.15) is 10.4 Å². The molecule has 1 aromatic rings. The number of rotatable bonds is 6. The number of hydrogen-bond donors (Lipinski definition) is 1. The number of nitriles is 1. The summed E-state index contributed by atoms with van der Waals surface area (Å²) in [4.78, 5) is 18.7. The Hall–Kier alpha value is -1.98. The minimum Gasteiger partial charge on any atom is -0.374 e. The lowest BCUT2D eigenvalue weighted by Gasteiger charge is -2.33. The van der Waals surface area contributed by atoms with E-state index in [0.29, 0.717) is 32.8 Å². The van der Waals surface area contributed by atoms with Crippen molar-refractivity contribution >= 4 is 5.91 Å². The fourth-order valence-corrected chi connectivity index (χ4v) is 3.38. The Labute approximate surface area is 148 Å². The van der Waals surface area contributed by atoms with Gasteiger partial charge in [-0.1, -0.05) is 0 Å². The number of aromatic nitrogens is 3. The lowest BCUT2D eigenvalue weighted by atomic mass is 9.98. The molecular weight excluding hydrogens is 320 g/mol. The van der Waals surface area contributed by atoms with Crippen LogP contribution in [0.5, 0.6) is 0 Å². The highest BCUT2D eigenvalue weighted by atomic mass is 16.5. The van der Waals surface area contributed by atoms with Gasteiger partial charge in [-0.25, -0.2) is 9.67 Å². The minimum atomic E-state index is -0.738. The van der Waals surface area contributed by atoms with Crippen LogP contribution in [0.25, 0.3) is 0 Å². The number of hydrogen-bond acceptors (Lipinski definition) is 6. The monoisotopic (exact) mass is 346 g/mol. The first kappa shape index (κ1) is 17.8. The van der Waals surface area contributed by atoms with Crippen molar-refractivity contribution in [1.29, 1.82) is 5.26 Å². The zero-order valence-electron chi connectivity index (χ0n) is 15.2. The molecule has 1 aliphatic heterocycles. The second kappa shape index (κ2) is 7.10. The summed E-state index contributed by atoms with van der Waals surface area (Å²) in [7, 11) is 0. The van der Waals surface area contributed by atoms with Crippen LogP contribution in [0.1, 0.15) is 31.4 Å². The molecule has 8 heteroatoms. The third-order valence-corrected chi connectivity index (χ3v) is 4.95. The van der Waals surface area contributed by atoms with Gasteiger partial charge in [-0.05, 0) is 39.5 Å². The molecule has 8 nitrogen and oxygen atoms in total. The van der Waals surface area contributed by atoms with Crippen LogP contribution < -0.4 is 5.32 Å². The number of aryl methyl sites for hydroxylation is 2. The first-order valence-corrected chi connectivity index (χ1v) is 8.84. The molecule has 2 unspecified atom stereocenters. The number of nitrogens with one attached hydrogen (secondary N) is 1. The number of ether oxygens (including phenoxy) is 1. The van der Waals surface area contributed by atoms with Gasteiger partial charge in [0.05, 0.1) is 31.9 Å². The van der Waals surface area contributed by atoms with Crippen LogP contribution in [0.4, 0.5) is 0 Å². The topological polar surface area (TPSA) is 96.1 Å². The van der Waals surface area contributed by atoms with E-state index in [1.807, 2.05) is 25.5 Å². The predicted molar refractivity (Wildman–Crippen MR) is 90.6 cm³/mol. The first-order valence-electron chi connectivity index (χ1n) is 8.84. The Balaban J connectivity index is 1.52. The normalized spacial score (nSPS) is 23.7. The molecule has 1 aliphatic carbocycles. The summed E-state index contributed by atoms with van der Waals surface area (Å²) in [5.74, 6) is 1.81. The molecule has 2 aliphatic rings. The molecular formula is C17H26N6O2. The van der Waals surface area contributed by atoms with Crippen molar-refractivity contribution in [2.24, 2.45) is 5.92 Å². The maximum atomic E-state index is 12.4. The molecule has 2 heterocycles. The van der Waals surface area contributed by atoms with Gasteiger partial charge in [-0.15, -0.1) is 0 Å². The Bertz CT molecular complexity index is 677. The van der Waals surface area contributed by atoms with Crippen LogP contribution in [0.15, 0.2) is 0 Å². The molecule has 0 aromatic carbocycles. The largest absolute Gasteiger partial charge is 0.374 e. The summed E-state index contributed by atoms with van der Waals surface area (Å²) in [6, 6.07) is 2.26. The van der Waals surface area contributed by atoms with Gasteiger partial charge in [0, 0.05) is 13.1 Å². The molecule has 1 aromatic heterocycles. The summed E-state index contributed by atoms with van der Waals surface area (Å²) in [6.07, 6.45) is 2.01. The summed E-state index contributed by atoms with van der Waals surface area (Å²) in [5, 5.41) is 16.7. The van der Waals surface area contributed by atoms with E-state index in [-0.39, 0.29) is 17.9 Å². The molecule has 1 amide bonds. The number of nitrogens with zero attached hydrogens (tertiary/aromatic N) is 5. The third kappa shape index (κ3) is 4.35. The summed E-state index contributed by atoms with van der Waals surface area (Å²) >= 11 is 0. The van der Waals surface area contributed by atoms with Gasteiger partial charge >= 0.3 is 0 Å². The van der Waals surface area contributed by atoms with Crippen LogP contribution in [-0.2, 0) is 16.1 Å². The van der Waals surface area contributed by atoms with Gasteiger partial charge < -0.3 is 10.1 Å². The van der Waals surface area contributed by atoms with E-state index in [2.05, 4.69) is 26.4 Å². The van der Waals surface area contributed by atoms with Crippen LogP contribution in [0.2, 0.25) is 0 Å². The van der Waals surface area contributed by atoms with Crippen LogP contribution in [-0.4, -0.2) is 63.5 Å². The van der Waals surface area contributed by atoms with Gasteiger partial charge in [0.2, 0.25) is 5.91 Å². The number of carbonyl (C=O) groups excluding carboxylic acids is 1. The second-order valence-corrected chi connectivity index (χ2v) is 7.25. The molecule has 1 saturated carbocycles. The highest BCUT2D eigenvalue weighted by Crippen LogP contribution is 2.39. The summed E-state index contributed by atoms with van der Waals surface area (Å²) in [6.45, 7) is 8.50. The number of morpholine rings is 1. The maximum absolute atomic E-state index is 12.4. The van der Waals surface area contributed by atoms with Gasteiger partial charge in [0.25, 0.3) is 0 Å². The van der Waals surface area contributed by atoms with Crippen molar-refractivity contribution < 1.29 is 9.53 Å². The Morgan fingerprint density at radius 3 is 2.84 bits per heavy atom. The first-order chi connectivity index (χ1) is 11.9. The second-order valence-electron chi connectivity index (χ2n) is 7.25. The molecule has 0 radical (unpaired) electrons. The van der Waals surface area contributed by atoms with Gasteiger partial charge in [0.15, 0.2) is 0 Å². The van der Waals surface area contributed by atoms with Crippen LogP contribution >= 0.6 is 0 Å². The Kier molecular flexibility index (Phi) is 5.06. The SMILES string of the molecule is Cc1nc(C)n(CC2CN(CC(=O)NC(C)(C#N)C3CC3)CCO2)n1. The molecule has 0 bridgehead atoms. The van der Waals surface area contributed by atoms with E-state index in [0.717, 1.165) is 24.5 Å². The molecule has 1 saturated heterocycles. The van der Waals surface area contributed by atoms with Crippen LogP contribution in [0.3, 0.4) is 0 Å². The molecule has 136 valence electrons. The fourth-order valence-electron chi connectivity index (χ4n) is 3.38. The molecule has 2 atom stereocenters. The third-order valence-electron chi connectivity index (χ3n) is 4.95. The Morgan fingerprint density at radius 2 is 2.24 bits per heavy atom. The standard InChI is InChI=1S/C17H26N6O2/c1-12-19-13(2)23(21-12)9-15-8-22(6-7-25-15)10-16(24)20-17(3,11-18)14-4-5-14/h14-15H,4-10H2,1-3H3,(H,20,24). The maximum Gasteiger partial charge on any atom is 0.235 e. The van der Waals surface area contributed by atoms with Crippen molar-refractivity contribution in [2.75, 3.05) is 26.2 Å². The molecule has 0 spiro atoms. The number of carbonyl (C=O) groups is 1. The molecule has 1 N–H and O–H groups in total. The zero-order valence-corrected chi connectivity index (χ0v) is 15.2. The molecule has 25 heavy (non-hydrogen) atoms. The smallest absolute Gasteiger partial charge is 0.235 e. The quantitative estimate of drug-likeness (QED) is 0.801. The van der Waals surface area contributed by atoms with Crippen molar-refractivity contribution in [2.45, 2.75) is 51.8 Å².